The molecule has 6 heteroatoms. The molecular formula is C25H21ClN2O2S. The van der Waals surface area contributed by atoms with Crippen molar-refractivity contribution in [3.63, 3.8) is 0 Å². The Labute approximate surface area is 187 Å². The van der Waals surface area contributed by atoms with Crippen LogP contribution in [-0.2, 0) is 10.0 Å². The fourth-order valence-corrected chi connectivity index (χ4v) is 5.83. The molecule has 2 atom stereocenters. The number of sulfonamides is 1. The number of nitrogens with one attached hydrogen (secondary N) is 1. The molecule has 156 valence electrons. The molecule has 0 unspecified atom stereocenters. The number of rotatable bonds is 5. The summed E-state index contributed by atoms with van der Waals surface area (Å²) in [5.41, 5.74) is 3.12. The van der Waals surface area contributed by atoms with Crippen LogP contribution in [0.15, 0.2) is 95.9 Å². The molecule has 0 amide bonds. The van der Waals surface area contributed by atoms with E-state index in [1.165, 1.54) is 12.1 Å². The zero-order valence-electron chi connectivity index (χ0n) is 16.9. The average molecular weight is 449 g/mol. The summed E-state index contributed by atoms with van der Waals surface area (Å²) in [5, 5.41) is 2.72. The lowest BCUT2D eigenvalue weighted by Crippen LogP contribution is -2.37. The molecule has 4 nitrogen and oxygen atoms in total. The molecule has 0 aliphatic heterocycles. The Morgan fingerprint density at radius 1 is 0.806 bits per heavy atom. The van der Waals surface area contributed by atoms with Gasteiger partial charge in [-0.15, -0.1) is 0 Å². The Morgan fingerprint density at radius 2 is 1.45 bits per heavy atom. The van der Waals surface area contributed by atoms with E-state index in [1.807, 2.05) is 55.6 Å². The molecule has 0 spiro atoms. The first-order valence-corrected chi connectivity index (χ1v) is 11.9. The van der Waals surface area contributed by atoms with Crippen molar-refractivity contribution in [2.45, 2.75) is 17.0 Å². The maximum Gasteiger partial charge on any atom is 0.241 e. The number of para-hydroxylation sites is 1. The Kier molecular flexibility index (Phi) is 4.97. The second kappa shape index (κ2) is 7.68. The summed E-state index contributed by atoms with van der Waals surface area (Å²) < 4.78 is 29.6. The summed E-state index contributed by atoms with van der Waals surface area (Å²) in [5.74, 6) is 0. The Hall–Kier alpha value is -2.86. The van der Waals surface area contributed by atoms with E-state index in [4.69, 9.17) is 11.6 Å². The van der Waals surface area contributed by atoms with Crippen molar-refractivity contribution in [3.8, 4) is 0 Å². The van der Waals surface area contributed by atoms with Crippen LogP contribution in [0, 0.1) is 0 Å². The van der Waals surface area contributed by atoms with Gasteiger partial charge in [0.15, 0.2) is 0 Å². The van der Waals surface area contributed by atoms with E-state index in [-0.39, 0.29) is 10.9 Å². The lowest BCUT2D eigenvalue weighted by atomic mass is 10.0. The fourth-order valence-electron chi connectivity index (χ4n) is 4.49. The molecule has 0 bridgehead atoms. The molecule has 4 aromatic rings. The molecule has 1 aliphatic rings. The predicted molar refractivity (Wildman–Crippen MR) is 126 cm³/mol. The third-order valence-electron chi connectivity index (χ3n) is 5.93. The maximum atomic E-state index is 13.3. The zero-order valence-corrected chi connectivity index (χ0v) is 18.4. The first-order chi connectivity index (χ1) is 15.0. The predicted octanol–water partition coefficient (Wildman–Crippen LogP) is 5.70. The minimum Gasteiger partial charge on any atom is -0.366 e. The van der Waals surface area contributed by atoms with Crippen LogP contribution in [0.5, 0.6) is 0 Å². The van der Waals surface area contributed by atoms with Crippen molar-refractivity contribution in [1.29, 1.82) is 0 Å². The van der Waals surface area contributed by atoms with Crippen LogP contribution in [0.1, 0.15) is 23.2 Å². The average Bonchev–Trinajstić information content (AvgIpc) is 3.09. The standard InChI is InChI=1S/C25H21ClN2O2S/c1-28(19-9-3-2-4-10-19)25-22-12-6-8-17-7-5-11-21(23(17)22)24(25)27-31(29,30)20-15-13-18(26)14-16-20/h2-16,24-25,27H,1H3/t24-,25-/m1/s1. The van der Waals surface area contributed by atoms with E-state index in [1.54, 1.807) is 12.1 Å². The van der Waals surface area contributed by atoms with Crippen LogP contribution in [0.4, 0.5) is 5.69 Å². The lowest BCUT2D eigenvalue weighted by molar-refractivity contribution is 0.505. The number of anilines is 1. The molecule has 31 heavy (non-hydrogen) atoms. The van der Waals surface area contributed by atoms with Gasteiger partial charge >= 0.3 is 0 Å². The Balaban J connectivity index is 1.63. The first-order valence-electron chi connectivity index (χ1n) is 10.0. The van der Waals surface area contributed by atoms with Crippen LogP contribution < -0.4 is 9.62 Å². The minimum absolute atomic E-state index is 0.189. The van der Waals surface area contributed by atoms with Gasteiger partial charge < -0.3 is 4.90 Å². The summed E-state index contributed by atoms with van der Waals surface area (Å²) in [6, 6.07) is 27.9. The van der Waals surface area contributed by atoms with Crippen molar-refractivity contribution in [1.82, 2.24) is 4.72 Å². The molecule has 0 heterocycles. The fraction of sp³-hybridized carbons (Fsp3) is 0.120. The number of benzene rings is 4. The summed E-state index contributed by atoms with van der Waals surface area (Å²) in [6.45, 7) is 0. The summed E-state index contributed by atoms with van der Waals surface area (Å²) in [6.07, 6.45) is 0. The molecule has 0 saturated heterocycles. The Bertz CT molecular complexity index is 1350. The lowest BCUT2D eigenvalue weighted by Gasteiger charge is -2.33. The van der Waals surface area contributed by atoms with Crippen molar-refractivity contribution in [2.24, 2.45) is 0 Å². The highest BCUT2D eigenvalue weighted by molar-refractivity contribution is 7.89. The van der Waals surface area contributed by atoms with Gasteiger partial charge in [-0.3, -0.25) is 0 Å². The smallest absolute Gasteiger partial charge is 0.241 e. The molecular weight excluding hydrogens is 428 g/mol. The monoisotopic (exact) mass is 448 g/mol. The number of nitrogens with zero attached hydrogens (tertiary/aromatic N) is 1. The summed E-state index contributed by atoms with van der Waals surface area (Å²) in [7, 11) is -1.75. The normalized spacial score (nSPS) is 17.7. The number of halogens is 1. The summed E-state index contributed by atoms with van der Waals surface area (Å²) >= 11 is 5.96. The van der Waals surface area contributed by atoms with Gasteiger partial charge in [-0.05, 0) is 58.3 Å². The van der Waals surface area contributed by atoms with Gasteiger partial charge in [0.2, 0.25) is 10.0 Å². The number of hydrogen-bond donors (Lipinski definition) is 1. The second-order valence-electron chi connectivity index (χ2n) is 7.74. The van der Waals surface area contributed by atoms with E-state index in [2.05, 4.69) is 27.8 Å². The quantitative estimate of drug-likeness (QED) is 0.425. The largest absolute Gasteiger partial charge is 0.366 e. The van der Waals surface area contributed by atoms with Crippen LogP contribution in [0.2, 0.25) is 5.02 Å². The number of hydrogen-bond acceptors (Lipinski definition) is 3. The van der Waals surface area contributed by atoms with Gasteiger partial charge in [0, 0.05) is 17.8 Å². The van der Waals surface area contributed by atoms with E-state index in [0.29, 0.717) is 5.02 Å². The van der Waals surface area contributed by atoms with Crippen molar-refractivity contribution in [3.05, 3.63) is 107 Å². The molecule has 0 aromatic heterocycles. The summed E-state index contributed by atoms with van der Waals surface area (Å²) in [4.78, 5) is 2.34. The maximum absolute atomic E-state index is 13.3. The van der Waals surface area contributed by atoms with E-state index >= 15 is 0 Å². The molecule has 0 fully saturated rings. The first kappa shape index (κ1) is 20.1. The third-order valence-corrected chi connectivity index (χ3v) is 7.63. The van der Waals surface area contributed by atoms with Crippen molar-refractivity contribution < 1.29 is 8.42 Å². The van der Waals surface area contributed by atoms with E-state index in [0.717, 1.165) is 27.6 Å². The SMILES string of the molecule is CN(c1ccccc1)[C@@H]1c2cccc3cccc(c23)[C@H]1NS(=O)(=O)c1ccc(Cl)cc1. The molecule has 1 N–H and O–H groups in total. The molecule has 1 aliphatic carbocycles. The second-order valence-corrected chi connectivity index (χ2v) is 9.89. The highest BCUT2D eigenvalue weighted by Gasteiger charge is 2.39. The van der Waals surface area contributed by atoms with Gasteiger partial charge in [0.1, 0.15) is 0 Å². The highest BCUT2D eigenvalue weighted by atomic mass is 35.5. The van der Waals surface area contributed by atoms with Crippen LogP contribution >= 0.6 is 11.6 Å². The molecule has 0 radical (unpaired) electrons. The molecule has 5 rings (SSSR count). The van der Waals surface area contributed by atoms with E-state index in [9.17, 15) is 8.42 Å². The topological polar surface area (TPSA) is 49.4 Å². The number of likely N-dealkylation sites (N-methyl/N-ethyl adjacent to an activating group) is 1. The van der Waals surface area contributed by atoms with Gasteiger partial charge in [0.05, 0.1) is 17.0 Å². The van der Waals surface area contributed by atoms with Gasteiger partial charge in [-0.25, -0.2) is 13.1 Å². The van der Waals surface area contributed by atoms with Gasteiger partial charge in [0.25, 0.3) is 0 Å². The van der Waals surface area contributed by atoms with Crippen LogP contribution in [0.3, 0.4) is 0 Å². The molecule has 4 aromatic carbocycles. The minimum atomic E-state index is -3.76. The van der Waals surface area contributed by atoms with Crippen molar-refractivity contribution in [2.75, 3.05) is 11.9 Å². The highest BCUT2D eigenvalue weighted by Crippen LogP contribution is 2.48. The van der Waals surface area contributed by atoms with E-state index < -0.39 is 16.1 Å². The van der Waals surface area contributed by atoms with Crippen LogP contribution in [-0.4, -0.2) is 15.5 Å². The van der Waals surface area contributed by atoms with Crippen LogP contribution in [0.25, 0.3) is 10.8 Å². The molecule has 0 saturated carbocycles. The third kappa shape index (κ3) is 3.49. The van der Waals surface area contributed by atoms with Gasteiger partial charge in [-0.2, -0.15) is 0 Å². The zero-order chi connectivity index (χ0) is 21.6. The van der Waals surface area contributed by atoms with Gasteiger partial charge in [-0.1, -0.05) is 66.2 Å². The Morgan fingerprint density at radius 3 is 2.13 bits per heavy atom. The van der Waals surface area contributed by atoms with Crippen molar-refractivity contribution >= 4 is 38.1 Å².